The molecule has 21 heavy (non-hydrogen) atoms. The molecule has 0 spiro atoms. The highest BCUT2D eigenvalue weighted by Gasteiger charge is 2.15. The molecule has 2 rings (SSSR count). The van der Waals surface area contributed by atoms with Gasteiger partial charge in [-0.3, -0.25) is 4.79 Å². The van der Waals surface area contributed by atoms with Gasteiger partial charge in [0.25, 0.3) is 5.91 Å². The van der Waals surface area contributed by atoms with Crippen LogP contribution in [-0.4, -0.2) is 16.7 Å². The number of carbonyl (C=O) groups excluding carboxylic acids is 1. The van der Waals surface area contributed by atoms with E-state index in [9.17, 15) is 9.90 Å². The number of hydrogen-bond donors (Lipinski definition) is 2. The van der Waals surface area contributed by atoms with Gasteiger partial charge in [-0.2, -0.15) is 5.10 Å². The van der Waals surface area contributed by atoms with Crippen molar-refractivity contribution in [1.29, 1.82) is 0 Å². The van der Waals surface area contributed by atoms with Crippen LogP contribution in [0.3, 0.4) is 0 Å². The van der Waals surface area contributed by atoms with Crippen LogP contribution in [0.5, 0.6) is 0 Å². The van der Waals surface area contributed by atoms with E-state index in [0.717, 1.165) is 0 Å². The fraction of sp³-hybridized carbons (Fsp3) is 0.125. The van der Waals surface area contributed by atoms with Gasteiger partial charge in [0.2, 0.25) is 0 Å². The molecule has 5 nitrogen and oxygen atoms in total. The number of furan rings is 1. The van der Waals surface area contributed by atoms with Crippen LogP contribution >= 0.6 is 0 Å². The first-order chi connectivity index (χ1) is 10.2. The molecule has 108 valence electrons. The number of hydrogen-bond acceptors (Lipinski definition) is 4. The molecule has 0 aliphatic carbocycles. The minimum absolute atomic E-state index is 0.522. The van der Waals surface area contributed by atoms with Crippen molar-refractivity contribution in [2.75, 3.05) is 0 Å². The molecule has 0 bridgehead atoms. The Morgan fingerprint density at radius 3 is 2.71 bits per heavy atom. The molecule has 0 fully saturated rings. The van der Waals surface area contributed by atoms with Gasteiger partial charge in [0.05, 0.1) is 12.0 Å². The zero-order valence-corrected chi connectivity index (χ0v) is 11.6. The molecule has 1 amide bonds. The van der Waals surface area contributed by atoms with Gasteiger partial charge in [-0.1, -0.05) is 30.3 Å². The van der Waals surface area contributed by atoms with Crippen molar-refractivity contribution in [2.45, 2.75) is 13.0 Å². The normalized spacial score (nSPS) is 13.3. The third kappa shape index (κ3) is 4.43. The number of hydrazone groups is 1. The Morgan fingerprint density at radius 2 is 2.05 bits per heavy atom. The van der Waals surface area contributed by atoms with Crippen LogP contribution in [0, 0.1) is 0 Å². The van der Waals surface area contributed by atoms with Crippen molar-refractivity contribution in [3.05, 3.63) is 66.1 Å². The van der Waals surface area contributed by atoms with Crippen LogP contribution in [0.25, 0.3) is 6.08 Å². The van der Waals surface area contributed by atoms with E-state index in [1.807, 2.05) is 12.1 Å². The second-order valence-corrected chi connectivity index (χ2v) is 4.39. The maximum atomic E-state index is 11.8. The van der Waals surface area contributed by atoms with Crippen LogP contribution in [0.4, 0.5) is 0 Å². The van der Waals surface area contributed by atoms with Crippen LogP contribution in [-0.2, 0) is 4.79 Å². The topological polar surface area (TPSA) is 74.8 Å². The third-order valence-electron chi connectivity index (χ3n) is 2.74. The highest BCUT2D eigenvalue weighted by Crippen LogP contribution is 2.11. The predicted octanol–water partition coefficient (Wildman–Crippen LogP) is 2.52. The zero-order valence-electron chi connectivity index (χ0n) is 11.6. The zero-order chi connectivity index (χ0) is 15.1. The Kier molecular flexibility index (Phi) is 5.06. The summed E-state index contributed by atoms with van der Waals surface area (Å²) in [6.07, 6.45) is 3.77. The fourth-order valence-electron chi connectivity index (χ4n) is 1.62. The maximum absolute atomic E-state index is 11.8. The summed E-state index contributed by atoms with van der Waals surface area (Å²) in [5, 5.41) is 13.8. The molecule has 1 aromatic carbocycles. The molecule has 2 N–H and O–H groups in total. The van der Waals surface area contributed by atoms with E-state index in [1.165, 1.54) is 0 Å². The number of rotatable bonds is 5. The molecule has 1 unspecified atom stereocenters. The lowest BCUT2D eigenvalue weighted by Crippen LogP contribution is -2.25. The van der Waals surface area contributed by atoms with Crippen LogP contribution in [0.2, 0.25) is 0 Å². The second kappa shape index (κ2) is 7.21. The van der Waals surface area contributed by atoms with Crippen molar-refractivity contribution >= 4 is 17.7 Å². The molecule has 0 aliphatic heterocycles. The van der Waals surface area contributed by atoms with Crippen LogP contribution in [0.15, 0.2) is 64.3 Å². The van der Waals surface area contributed by atoms with Gasteiger partial charge in [-0.25, -0.2) is 5.43 Å². The molecule has 1 aromatic heterocycles. The van der Waals surface area contributed by atoms with E-state index in [4.69, 9.17) is 4.42 Å². The summed E-state index contributed by atoms with van der Waals surface area (Å²) in [6.45, 7) is 1.73. The summed E-state index contributed by atoms with van der Waals surface area (Å²) in [6, 6.07) is 12.3. The molecular formula is C16H16N2O3. The van der Waals surface area contributed by atoms with Crippen molar-refractivity contribution in [1.82, 2.24) is 5.43 Å². The lowest BCUT2D eigenvalue weighted by molar-refractivity contribution is -0.129. The van der Waals surface area contributed by atoms with E-state index < -0.39 is 12.0 Å². The molecule has 0 saturated heterocycles. The fourth-order valence-corrected chi connectivity index (χ4v) is 1.62. The average Bonchev–Trinajstić information content (AvgIpc) is 3.04. The predicted molar refractivity (Wildman–Crippen MR) is 80.4 cm³/mol. The number of aliphatic hydroxyl groups excluding tert-OH is 1. The number of carbonyl (C=O) groups is 1. The van der Waals surface area contributed by atoms with Gasteiger partial charge in [-0.15, -0.1) is 0 Å². The number of amides is 1. The number of nitrogens with one attached hydrogen (secondary N) is 1. The summed E-state index contributed by atoms with van der Waals surface area (Å²) in [5.41, 5.74) is 3.43. The van der Waals surface area contributed by atoms with Crippen molar-refractivity contribution in [3.63, 3.8) is 0 Å². The Labute approximate surface area is 122 Å². The van der Waals surface area contributed by atoms with Gasteiger partial charge in [0.15, 0.2) is 6.10 Å². The first-order valence-electron chi connectivity index (χ1n) is 6.45. The minimum Gasteiger partial charge on any atom is -0.465 e. The Balaban J connectivity index is 1.92. The van der Waals surface area contributed by atoms with Crippen molar-refractivity contribution < 1.29 is 14.3 Å². The first-order valence-corrected chi connectivity index (χ1v) is 6.45. The number of allylic oxidation sites excluding steroid dienone is 1. The summed E-state index contributed by atoms with van der Waals surface area (Å²) in [4.78, 5) is 11.8. The van der Waals surface area contributed by atoms with E-state index in [-0.39, 0.29) is 0 Å². The number of aliphatic hydroxyl groups is 1. The van der Waals surface area contributed by atoms with Crippen LogP contribution < -0.4 is 5.43 Å². The van der Waals surface area contributed by atoms with Crippen molar-refractivity contribution in [2.24, 2.45) is 5.10 Å². The monoisotopic (exact) mass is 284 g/mol. The first kappa shape index (κ1) is 14.7. The summed E-state index contributed by atoms with van der Waals surface area (Å²) < 4.78 is 5.14. The average molecular weight is 284 g/mol. The van der Waals surface area contributed by atoms with Gasteiger partial charge >= 0.3 is 0 Å². The summed E-state index contributed by atoms with van der Waals surface area (Å²) in [7, 11) is 0. The number of benzene rings is 1. The Morgan fingerprint density at radius 1 is 1.29 bits per heavy atom. The standard InChI is InChI=1S/C16H16N2O3/c1-12(9-10-14-8-5-11-21-14)17-18-16(20)15(19)13-6-3-2-4-7-13/h2-11,15,19H,1H3,(H,18,20)/b10-9+,17-12?. The largest absolute Gasteiger partial charge is 0.465 e. The molecule has 0 saturated carbocycles. The summed E-state index contributed by atoms with van der Waals surface area (Å²) >= 11 is 0. The molecular weight excluding hydrogens is 268 g/mol. The molecule has 0 radical (unpaired) electrons. The third-order valence-corrected chi connectivity index (χ3v) is 2.74. The minimum atomic E-state index is -1.24. The second-order valence-electron chi connectivity index (χ2n) is 4.39. The molecule has 0 aliphatic rings. The highest BCUT2D eigenvalue weighted by atomic mass is 16.3. The molecule has 2 aromatic rings. The van der Waals surface area contributed by atoms with Crippen LogP contribution in [0.1, 0.15) is 24.4 Å². The Bertz CT molecular complexity index is 631. The molecule has 5 heteroatoms. The van der Waals surface area contributed by atoms with E-state index in [0.29, 0.717) is 17.0 Å². The highest BCUT2D eigenvalue weighted by molar-refractivity contribution is 5.97. The molecule has 1 heterocycles. The Hall–Kier alpha value is -2.66. The molecule has 1 atom stereocenters. The van der Waals surface area contributed by atoms with Gasteiger partial charge in [-0.05, 0) is 36.8 Å². The quantitative estimate of drug-likeness (QED) is 0.654. The van der Waals surface area contributed by atoms with E-state index >= 15 is 0 Å². The van der Waals surface area contributed by atoms with Crippen molar-refractivity contribution in [3.8, 4) is 0 Å². The summed E-state index contributed by atoms with van der Waals surface area (Å²) in [5.74, 6) is 0.118. The van der Waals surface area contributed by atoms with Gasteiger partial charge in [0, 0.05) is 0 Å². The lowest BCUT2D eigenvalue weighted by Gasteiger charge is -2.08. The lowest BCUT2D eigenvalue weighted by atomic mass is 10.1. The SMILES string of the molecule is CC(/C=C/c1ccco1)=NNC(=O)C(O)c1ccccc1. The van der Waals surface area contributed by atoms with Gasteiger partial charge < -0.3 is 9.52 Å². The maximum Gasteiger partial charge on any atom is 0.273 e. The van der Waals surface area contributed by atoms with E-state index in [1.54, 1.807) is 55.7 Å². The smallest absolute Gasteiger partial charge is 0.273 e. The van der Waals surface area contributed by atoms with Gasteiger partial charge in [0.1, 0.15) is 5.76 Å². The number of nitrogens with zero attached hydrogens (tertiary/aromatic N) is 1. The van der Waals surface area contributed by atoms with E-state index in [2.05, 4.69) is 10.5 Å².